The Morgan fingerprint density at radius 2 is 1.54 bits per heavy atom. The van der Waals surface area contributed by atoms with Crippen LogP contribution in [0.4, 0.5) is 4.79 Å². The number of hydrogen-bond acceptors (Lipinski definition) is 2. The first-order valence-corrected chi connectivity index (χ1v) is 8.00. The average Bonchev–Trinajstić information content (AvgIpc) is 2.61. The molecule has 0 saturated heterocycles. The molecule has 0 saturated carbocycles. The lowest BCUT2D eigenvalue weighted by Gasteiger charge is -2.20. The first-order valence-electron chi connectivity index (χ1n) is 8.00. The van der Waals surface area contributed by atoms with Crippen molar-refractivity contribution in [3.8, 4) is 0 Å². The van der Waals surface area contributed by atoms with E-state index in [1.807, 2.05) is 42.6 Å². The van der Waals surface area contributed by atoms with Gasteiger partial charge in [0.15, 0.2) is 6.04 Å². The average molecular weight is 326 g/mol. The first kappa shape index (κ1) is 17.7. The Morgan fingerprint density at radius 3 is 2.12 bits per heavy atom. The van der Waals surface area contributed by atoms with Crippen LogP contribution in [0.2, 0.25) is 0 Å². The quantitative estimate of drug-likeness (QED) is 0.779. The van der Waals surface area contributed by atoms with Crippen molar-refractivity contribution in [2.24, 2.45) is 0 Å². The van der Waals surface area contributed by atoms with Gasteiger partial charge in [0, 0.05) is 18.2 Å². The zero-order chi connectivity index (χ0) is 17.5. The molecule has 24 heavy (non-hydrogen) atoms. The van der Waals surface area contributed by atoms with E-state index in [0.29, 0.717) is 0 Å². The highest BCUT2D eigenvalue weighted by Gasteiger charge is 2.25. The van der Waals surface area contributed by atoms with Crippen molar-refractivity contribution < 1.29 is 14.9 Å². The van der Waals surface area contributed by atoms with Gasteiger partial charge in [-0.2, -0.15) is 0 Å². The van der Waals surface area contributed by atoms with Gasteiger partial charge >= 0.3 is 6.03 Å². The van der Waals surface area contributed by atoms with Gasteiger partial charge in [-0.05, 0) is 13.8 Å². The summed E-state index contributed by atoms with van der Waals surface area (Å²) in [5.74, 6) is -0.317. The molecule has 0 spiro atoms. The third-order valence-electron chi connectivity index (χ3n) is 3.95. The fourth-order valence-electron chi connectivity index (χ4n) is 2.51. The molecule has 0 unspecified atom stereocenters. The van der Waals surface area contributed by atoms with Gasteiger partial charge < -0.3 is 10.6 Å². The van der Waals surface area contributed by atoms with E-state index in [1.54, 1.807) is 6.92 Å². The molecular formula is C19H24N3O2+. The number of rotatable bonds is 5. The highest BCUT2D eigenvalue weighted by Crippen LogP contribution is 2.18. The second kappa shape index (κ2) is 8.26. The number of urea groups is 1. The second-order valence-corrected chi connectivity index (χ2v) is 5.85. The van der Waals surface area contributed by atoms with Gasteiger partial charge in [-0.3, -0.25) is 10.1 Å². The van der Waals surface area contributed by atoms with Gasteiger partial charge in [0.1, 0.15) is 6.04 Å². The summed E-state index contributed by atoms with van der Waals surface area (Å²) < 4.78 is 0. The minimum Gasteiger partial charge on any atom is -0.341 e. The van der Waals surface area contributed by atoms with Crippen molar-refractivity contribution in [3.05, 3.63) is 71.3 Å². The number of nitrogens with two attached hydrogens (primary N) is 1. The molecule has 0 aromatic heterocycles. The van der Waals surface area contributed by atoms with Crippen molar-refractivity contribution in [1.82, 2.24) is 10.6 Å². The standard InChI is InChI=1S/C19H23N3O2/c1-13-9-11-16(12-10-13)17(15-7-5-4-6-8-15)21-14(2)18(23)22-19(24)20-3/h4-12,14,17,21H,1-3H3,(H2,20,22,23,24)/p+1/t14-,17-/m1/s1. The van der Waals surface area contributed by atoms with Crippen LogP contribution in [-0.2, 0) is 4.79 Å². The van der Waals surface area contributed by atoms with Crippen molar-refractivity contribution >= 4 is 11.9 Å². The normalized spacial score (nSPS) is 13.0. The Morgan fingerprint density at radius 1 is 0.958 bits per heavy atom. The molecule has 2 atom stereocenters. The molecule has 4 N–H and O–H groups in total. The fraction of sp³-hybridized carbons (Fsp3) is 0.263. The molecule has 0 radical (unpaired) electrons. The fourth-order valence-corrected chi connectivity index (χ4v) is 2.51. The Kier molecular flexibility index (Phi) is 6.09. The predicted octanol–water partition coefficient (Wildman–Crippen LogP) is 1.49. The van der Waals surface area contributed by atoms with Crippen molar-refractivity contribution in [2.45, 2.75) is 25.9 Å². The summed E-state index contributed by atoms with van der Waals surface area (Å²) >= 11 is 0. The van der Waals surface area contributed by atoms with E-state index < -0.39 is 12.1 Å². The van der Waals surface area contributed by atoms with Crippen LogP contribution >= 0.6 is 0 Å². The van der Waals surface area contributed by atoms with Crippen molar-refractivity contribution in [3.63, 3.8) is 0 Å². The van der Waals surface area contributed by atoms with E-state index in [9.17, 15) is 9.59 Å². The molecule has 2 aromatic rings. The number of amides is 3. The van der Waals surface area contributed by atoms with Crippen molar-refractivity contribution in [2.75, 3.05) is 7.05 Å². The van der Waals surface area contributed by atoms with E-state index >= 15 is 0 Å². The molecule has 0 aliphatic heterocycles. The largest absolute Gasteiger partial charge is 0.341 e. The minimum absolute atomic E-state index is 0.0164. The molecule has 0 heterocycles. The molecular weight excluding hydrogens is 302 g/mol. The highest BCUT2D eigenvalue weighted by atomic mass is 16.2. The zero-order valence-electron chi connectivity index (χ0n) is 14.2. The molecule has 0 bridgehead atoms. The summed E-state index contributed by atoms with van der Waals surface area (Å²) in [7, 11) is 1.48. The molecule has 2 rings (SSSR count). The SMILES string of the molecule is CNC(=O)NC(=O)[C@@H](C)[NH2+][C@H](c1ccccc1)c1ccc(C)cc1. The van der Waals surface area contributed by atoms with Gasteiger partial charge in [0.2, 0.25) is 0 Å². The number of quaternary nitrogens is 1. The molecule has 5 nitrogen and oxygen atoms in total. The Labute approximate surface area is 142 Å². The minimum atomic E-state index is -0.494. The molecule has 126 valence electrons. The van der Waals surface area contributed by atoms with E-state index in [2.05, 4.69) is 34.9 Å². The maximum absolute atomic E-state index is 12.2. The van der Waals surface area contributed by atoms with E-state index in [1.165, 1.54) is 12.6 Å². The summed E-state index contributed by atoms with van der Waals surface area (Å²) in [5, 5.41) is 6.69. The third kappa shape index (κ3) is 4.67. The number of carbonyl (C=O) groups excluding carboxylic acids is 2. The Balaban J connectivity index is 2.22. The number of benzene rings is 2. The number of hydrogen-bond donors (Lipinski definition) is 3. The van der Waals surface area contributed by atoms with Gasteiger partial charge in [-0.25, -0.2) is 4.79 Å². The van der Waals surface area contributed by atoms with Crippen LogP contribution < -0.4 is 16.0 Å². The predicted molar refractivity (Wildman–Crippen MR) is 93.4 cm³/mol. The Hall–Kier alpha value is -2.66. The van der Waals surface area contributed by atoms with Crippen LogP contribution in [0.1, 0.15) is 29.7 Å². The van der Waals surface area contributed by atoms with Gasteiger partial charge in [0.25, 0.3) is 5.91 Å². The zero-order valence-corrected chi connectivity index (χ0v) is 14.2. The third-order valence-corrected chi connectivity index (χ3v) is 3.95. The number of nitrogens with one attached hydrogen (secondary N) is 2. The lowest BCUT2D eigenvalue weighted by molar-refractivity contribution is -0.704. The van der Waals surface area contributed by atoms with Gasteiger partial charge in [-0.1, -0.05) is 60.2 Å². The van der Waals surface area contributed by atoms with Crippen LogP contribution in [0.3, 0.4) is 0 Å². The smallest absolute Gasteiger partial charge is 0.321 e. The van der Waals surface area contributed by atoms with E-state index in [4.69, 9.17) is 0 Å². The molecule has 0 fully saturated rings. The van der Waals surface area contributed by atoms with Gasteiger partial charge in [0.05, 0.1) is 0 Å². The first-order chi connectivity index (χ1) is 11.5. The Bertz CT molecular complexity index is 684. The van der Waals surface area contributed by atoms with Crippen LogP contribution in [0.5, 0.6) is 0 Å². The van der Waals surface area contributed by atoms with Crippen LogP contribution in [0.15, 0.2) is 54.6 Å². The van der Waals surface area contributed by atoms with Crippen molar-refractivity contribution in [1.29, 1.82) is 0 Å². The summed E-state index contributed by atoms with van der Waals surface area (Å²) in [6.07, 6.45) is 0. The molecule has 0 aliphatic carbocycles. The lowest BCUT2D eigenvalue weighted by Crippen LogP contribution is -2.93. The number of aryl methyl sites for hydroxylation is 1. The summed E-state index contributed by atoms with van der Waals surface area (Å²) in [6.45, 7) is 3.84. The molecule has 0 aliphatic rings. The van der Waals surface area contributed by atoms with Crippen LogP contribution in [0, 0.1) is 6.92 Å². The van der Waals surface area contributed by atoms with E-state index in [-0.39, 0.29) is 11.9 Å². The lowest BCUT2D eigenvalue weighted by atomic mass is 9.97. The highest BCUT2D eigenvalue weighted by molar-refractivity contribution is 5.95. The van der Waals surface area contributed by atoms with Gasteiger partial charge in [-0.15, -0.1) is 0 Å². The summed E-state index contributed by atoms with van der Waals surface area (Å²) in [6, 6.07) is 17.4. The van der Waals surface area contributed by atoms with Crippen LogP contribution in [-0.4, -0.2) is 25.0 Å². The van der Waals surface area contributed by atoms with Crippen LogP contribution in [0.25, 0.3) is 0 Å². The monoisotopic (exact) mass is 326 g/mol. The van der Waals surface area contributed by atoms with E-state index in [0.717, 1.165) is 11.1 Å². The number of carbonyl (C=O) groups is 2. The maximum Gasteiger partial charge on any atom is 0.321 e. The molecule has 2 aromatic carbocycles. The maximum atomic E-state index is 12.2. The number of imide groups is 1. The topological polar surface area (TPSA) is 74.8 Å². The molecule has 3 amide bonds. The molecule has 5 heteroatoms. The second-order valence-electron chi connectivity index (χ2n) is 5.85. The summed E-state index contributed by atoms with van der Waals surface area (Å²) in [4.78, 5) is 23.5. The summed E-state index contributed by atoms with van der Waals surface area (Å²) in [5.41, 5.74) is 3.42.